The summed E-state index contributed by atoms with van der Waals surface area (Å²) in [4.78, 5) is 51.4. The molecule has 23 nitrogen and oxygen atoms in total. The van der Waals surface area contributed by atoms with Crippen molar-refractivity contribution in [2.45, 2.75) is 118 Å². The molecule has 8 aromatic rings. The molecule has 0 aliphatic carbocycles. The molecule has 0 bridgehead atoms. The van der Waals surface area contributed by atoms with Crippen molar-refractivity contribution in [3.8, 4) is 29.1 Å². The molecule has 2 unspecified atom stereocenters. The van der Waals surface area contributed by atoms with Gasteiger partial charge >= 0.3 is 31.7 Å². The van der Waals surface area contributed by atoms with Crippen molar-refractivity contribution in [1.29, 1.82) is 15.8 Å². The third-order valence-corrected chi connectivity index (χ3v) is 15.5. The van der Waals surface area contributed by atoms with Crippen LogP contribution in [0.15, 0.2) is 78.1 Å². The molecule has 2 atom stereocenters. The van der Waals surface area contributed by atoms with E-state index in [9.17, 15) is 14.9 Å². The second-order valence-electron chi connectivity index (χ2n) is 23.4. The van der Waals surface area contributed by atoms with E-state index in [-0.39, 0.29) is 44.1 Å². The fourth-order valence-corrected chi connectivity index (χ4v) is 11.4. The minimum Gasteiger partial charge on any atom is -0.512 e. The molecule has 4 aliphatic rings. The van der Waals surface area contributed by atoms with Gasteiger partial charge in [0.25, 0.3) is 0 Å². The molecule has 0 spiro atoms. The number of benzene rings is 4. The molecule has 4 fully saturated rings. The molecule has 12 rings (SSSR count). The van der Waals surface area contributed by atoms with Gasteiger partial charge in [-0.1, -0.05) is 28.1 Å². The van der Waals surface area contributed by atoms with Gasteiger partial charge in [-0.15, -0.1) is 0 Å². The molecule has 454 valence electrons. The average molecular weight is 1310 g/mol. The predicted molar refractivity (Wildman–Crippen MR) is 328 cm³/mol. The van der Waals surface area contributed by atoms with Crippen molar-refractivity contribution in [3.05, 3.63) is 108 Å². The summed E-state index contributed by atoms with van der Waals surface area (Å²) in [5, 5.41) is 35.1. The summed E-state index contributed by atoms with van der Waals surface area (Å²) in [7, 11) is 0. The van der Waals surface area contributed by atoms with Crippen LogP contribution in [0.3, 0.4) is 0 Å². The van der Waals surface area contributed by atoms with Crippen LogP contribution in [0, 0.1) is 48.8 Å². The largest absolute Gasteiger partial charge is 2.00 e. The molecule has 0 radical (unpaired) electrons. The fraction of sp³-hybridized carbons (Fsp3) is 0.444. The third kappa shape index (κ3) is 14.8. The Kier molecular flexibility index (Phi) is 21.4. The van der Waals surface area contributed by atoms with E-state index in [4.69, 9.17) is 52.1 Å². The van der Waals surface area contributed by atoms with E-state index in [2.05, 4.69) is 74.1 Å². The first-order valence-corrected chi connectivity index (χ1v) is 29.7. The summed E-state index contributed by atoms with van der Waals surface area (Å²) in [5.74, 6) is 4.01. The number of anilines is 2. The first-order valence-electron chi connectivity index (χ1n) is 29.0. The number of nitriles is 1. The molecule has 4 saturated heterocycles. The van der Waals surface area contributed by atoms with Crippen LogP contribution in [-0.4, -0.2) is 138 Å². The van der Waals surface area contributed by atoms with Crippen LogP contribution >= 0.6 is 15.9 Å². The molecule has 0 saturated carbocycles. The topological polar surface area (TPSA) is 261 Å². The number of nitrogens with zero attached hydrogens (tertiary/aromatic N) is 15. The van der Waals surface area contributed by atoms with Gasteiger partial charge in [-0.2, -0.15) is 15.5 Å². The summed E-state index contributed by atoms with van der Waals surface area (Å²) < 4.78 is 41.1. The Morgan fingerprint density at radius 3 is 1.41 bits per heavy atom. The van der Waals surface area contributed by atoms with Gasteiger partial charge in [-0.05, 0) is 135 Å². The van der Waals surface area contributed by atoms with Gasteiger partial charge in [0.05, 0.1) is 45.8 Å². The molecule has 0 N–H and O–H groups in total. The summed E-state index contributed by atoms with van der Waals surface area (Å²) in [5.41, 5.74) is 4.54. The van der Waals surface area contributed by atoms with Gasteiger partial charge in [0.2, 0.25) is 0 Å². The minimum atomic E-state index is -0.549. The average Bonchev–Trinajstić information content (AvgIpc) is 1.41. The number of carbonyl (C=O) groups excluding carboxylic acids is 2. The van der Waals surface area contributed by atoms with Crippen LogP contribution in [0.25, 0.3) is 43.6 Å². The van der Waals surface area contributed by atoms with Crippen LogP contribution in [0.2, 0.25) is 0 Å². The smallest absolute Gasteiger partial charge is 0.512 e. The van der Waals surface area contributed by atoms with E-state index >= 15 is 0 Å². The number of carbonyl (C=O) groups is 2. The van der Waals surface area contributed by atoms with Gasteiger partial charge in [-0.25, -0.2) is 38.9 Å². The molecule has 4 aliphatic heterocycles. The van der Waals surface area contributed by atoms with Gasteiger partial charge in [0.1, 0.15) is 58.0 Å². The maximum Gasteiger partial charge on any atom is 2.00 e. The number of halogens is 1. The van der Waals surface area contributed by atoms with E-state index in [0.29, 0.717) is 97.4 Å². The maximum absolute atomic E-state index is 12.6. The number of aryl methyl sites for hydroxylation is 2. The predicted octanol–water partition coefficient (Wildman–Crippen LogP) is 12.5. The van der Waals surface area contributed by atoms with Crippen LogP contribution in [0.1, 0.15) is 109 Å². The fourth-order valence-electron chi connectivity index (χ4n) is 11.0. The van der Waals surface area contributed by atoms with E-state index in [1.54, 1.807) is 28.3 Å². The number of amides is 2. The third-order valence-electron chi connectivity index (χ3n) is 15.1. The van der Waals surface area contributed by atoms with Gasteiger partial charge in [0, 0.05) is 86.9 Å². The van der Waals surface area contributed by atoms with E-state index < -0.39 is 11.2 Å². The molecule has 4 aromatic heterocycles. The van der Waals surface area contributed by atoms with Gasteiger partial charge in [0.15, 0.2) is 24.0 Å². The second-order valence-corrected chi connectivity index (χ2v) is 24.3. The molecular formula is C63H70BrN15O8Zn. The monoisotopic (exact) mass is 1310 g/mol. The van der Waals surface area contributed by atoms with Crippen molar-refractivity contribution in [3.63, 3.8) is 0 Å². The number of aromatic nitrogens is 8. The zero-order valence-corrected chi connectivity index (χ0v) is 55.5. The first-order chi connectivity index (χ1) is 41.9. The van der Waals surface area contributed by atoms with Crippen molar-refractivity contribution in [2.75, 3.05) is 75.4 Å². The Bertz CT molecular complexity index is 3860. The zero-order chi connectivity index (χ0) is 62.2. The molecule has 25 heteroatoms. The van der Waals surface area contributed by atoms with E-state index in [1.807, 2.05) is 101 Å². The van der Waals surface area contributed by atoms with Gasteiger partial charge in [-0.3, -0.25) is 0 Å². The summed E-state index contributed by atoms with van der Waals surface area (Å²) in [6, 6.07) is 17.9. The summed E-state index contributed by atoms with van der Waals surface area (Å²) in [6.45, 7) is 30.7. The number of rotatable bonds is 8. The zero-order valence-electron chi connectivity index (χ0n) is 51.0. The first kappa shape index (κ1) is 65.7. The Labute approximate surface area is 532 Å². The molecule has 2 amide bonds. The van der Waals surface area contributed by atoms with Crippen LogP contribution in [0.4, 0.5) is 21.2 Å². The van der Waals surface area contributed by atoms with Crippen LogP contribution < -0.4 is 19.3 Å². The molecular weight excluding hydrogens is 1240 g/mol. The van der Waals surface area contributed by atoms with Crippen LogP contribution in [0.5, 0.6) is 23.0 Å². The molecule has 4 aromatic carbocycles. The number of hydrogen-bond donors (Lipinski definition) is 0. The van der Waals surface area contributed by atoms with Gasteiger partial charge < -0.3 is 71.7 Å². The summed E-state index contributed by atoms with van der Waals surface area (Å²) >= 11 is 3.68. The van der Waals surface area contributed by atoms with Crippen molar-refractivity contribution in [1.82, 2.24) is 49.3 Å². The second kappa shape index (κ2) is 28.7. The van der Waals surface area contributed by atoms with Crippen molar-refractivity contribution >= 4 is 83.4 Å². The Hall–Kier alpha value is -8.27. The van der Waals surface area contributed by atoms with Crippen molar-refractivity contribution in [2.24, 2.45) is 0 Å². The van der Waals surface area contributed by atoms with E-state index in [1.165, 1.54) is 6.33 Å². The van der Waals surface area contributed by atoms with Crippen LogP contribution in [-0.2, 0) is 38.4 Å². The number of piperazine rings is 2. The SMILES string of the molecule is Cc1ccc2c(cnn2C2CCCCO2)c1Oc1cc(Br)cc2c(N3CCN(C(=O)OC(C)(C)C)CC3)ncnc12.Cc1ccc2c(cnn2C2CCCCO2)c1Oc1cc(C#N)cc2c(N3CCN(C(=O)OC(C)(C)C)CC3)ncnc12.[C-]#N.[C-]#N.[Zn+2]. The standard InChI is InChI=1S/C31H35N7O4.C30H35BrN6O4.2CN.Zn/c1-20-8-9-24-23(18-35-38(24)26-7-5-6-14-40-26)28(20)41-25-16-21(17-32)15-22-27(25)33-19-34-29(22)36-10-12-37(13-11-36)30(39)42-31(2,3)4;1-19-8-9-23-22(17-34-37(23)25-7-5-6-14-39-25)27(19)40-24-16-20(31)15-21-26(24)32-18-33-28(21)35-10-12-36(13-11-35)29(38)41-30(2,3)4;2*1-2;/h8-9,15-16,18-19,26H,5-7,10-14H2,1-4H3;8-9,15-18,25H,5-7,10-14H2,1-4H3;;;/q;;2*-1;+2. The Morgan fingerprint density at radius 2 is 1.01 bits per heavy atom. The molecule has 88 heavy (non-hydrogen) atoms. The Balaban J connectivity index is 0.000000214. The van der Waals surface area contributed by atoms with Crippen molar-refractivity contribution < 1.29 is 57.5 Å². The minimum absolute atomic E-state index is 0. The molecule has 8 heterocycles. The normalized spacial score (nSPS) is 17.0. The maximum atomic E-state index is 12.6. The summed E-state index contributed by atoms with van der Waals surface area (Å²) in [6.07, 6.45) is 12.3. The Morgan fingerprint density at radius 1 is 0.591 bits per heavy atom. The quantitative estimate of drug-likeness (QED) is 0.101. The van der Waals surface area contributed by atoms with E-state index in [0.717, 1.165) is 106 Å². The number of hydrogen-bond acceptors (Lipinski definition) is 19. The number of fused-ring (bicyclic) bond motifs is 4. The number of ether oxygens (including phenoxy) is 6.